The molecule has 2 aromatic carbocycles. The molecule has 0 heterocycles. The number of carboxylic acid groups (broad SMARTS) is 1. The van der Waals surface area contributed by atoms with Gasteiger partial charge in [-0.25, -0.2) is 9.18 Å². The summed E-state index contributed by atoms with van der Waals surface area (Å²) in [6.07, 6.45) is 0. The third-order valence-corrected chi connectivity index (χ3v) is 3.04. The zero-order valence-electron chi connectivity index (χ0n) is 10.9. The van der Waals surface area contributed by atoms with Crippen LogP contribution in [0.2, 0.25) is 0 Å². The van der Waals surface area contributed by atoms with Crippen molar-refractivity contribution in [3.8, 4) is 0 Å². The van der Waals surface area contributed by atoms with Crippen molar-refractivity contribution in [2.75, 3.05) is 11.1 Å². The SMILES string of the molecule is CC(Nc1cc(C(=O)O)c(N)cc1F)c1ccccc1. The molecule has 0 bridgehead atoms. The highest BCUT2D eigenvalue weighted by Gasteiger charge is 2.15. The molecule has 4 nitrogen and oxygen atoms in total. The lowest BCUT2D eigenvalue weighted by atomic mass is 10.1. The monoisotopic (exact) mass is 274 g/mol. The zero-order chi connectivity index (χ0) is 14.7. The minimum atomic E-state index is -1.18. The van der Waals surface area contributed by atoms with Crippen molar-refractivity contribution in [1.29, 1.82) is 0 Å². The lowest BCUT2D eigenvalue weighted by Gasteiger charge is -2.17. The van der Waals surface area contributed by atoms with E-state index in [4.69, 9.17) is 10.8 Å². The molecule has 0 amide bonds. The third kappa shape index (κ3) is 2.88. The molecule has 1 unspecified atom stereocenters. The summed E-state index contributed by atoms with van der Waals surface area (Å²) in [5.41, 5.74) is 6.37. The molecule has 104 valence electrons. The molecule has 1 atom stereocenters. The Labute approximate surface area is 116 Å². The predicted molar refractivity (Wildman–Crippen MR) is 76.3 cm³/mol. The number of hydrogen-bond donors (Lipinski definition) is 3. The van der Waals surface area contributed by atoms with Gasteiger partial charge >= 0.3 is 5.97 Å². The molecule has 0 aliphatic rings. The van der Waals surface area contributed by atoms with E-state index < -0.39 is 11.8 Å². The predicted octanol–water partition coefficient (Wildman–Crippen LogP) is 3.28. The van der Waals surface area contributed by atoms with E-state index >= 15 is 0 Å². The number of carbonyl (C=O) groups is 1. The van der Waals surface area contributed by atoms with E-state index in [0.29, 0.717) is 0 Å². The van der Waals surface area contributed by atoms with Crippen molar-refractivity contribution in [2.45, 2.75) is 13.0 Å². The topological polar surface area (TPSA) is 75.3 Å². The number of hydrogen-bond acceptors (Lipinski definition) is 3. The second kappa shape index (κ2) is 5.61. The van der Waals surface area contributed by atoms with Crippen LogP contribution < -0.4 is 11.1 Å². The van der Waals surface area contributed by atoms with Gasteiger partial charge in [0.15, 0.2) is 0 Å². The smallest absolute Gasteiger partial charge is 0.337 e. The second-order valence-electron chi connectivity index (χ2n) is 4.50. The maximum atomic E-state index is 13.8. The van der Waals surface area contributed by atoms with Gasteiger partial charge in [-0.05, 0) is 24.6 Å². The number of carboxylic acids is 1. The van der Waals surface area contributed by atoms with Crippen LogP contribution in [0.5, 0.6) is 0 Å². The molecule has 2 aromatic rings. The first kappa shape index (κ1) is 13.9. The Bertz CT molecular complexity index is 629. The van der Waals surface area contributed by atoms with Crippen molar-refractivity contribution in [2.24, 2.45) is 0 Å². The van der Waals surface area contributed by atoms with Gasteiger partial charge in [0.2, 0.25) is 0 Å². The summed E-state index contributed by atoms with van der Waals surface area (Å²) in [5.74, 6) is -1.76. The number of nitrogens with two attached hydrogens (primary N) is 1. The van der Waals surface area contributed by atoms with E-state index in [1.165, 1.54) is 6.07 Å². The molecule has 0 aliphatic carbocycles. The van der Waals surface area contributed by atoms with Crippen LogP contribution in [-0.2, 0) is 0 Å². The fourth-order valence-corrected chi connectivity index (χ4v) is 1.94. The summed E-state index contributed by atoms with van der Waals surface area (Å²) in [6.45, 7) is 1.87. The highest BCUT2D eigenvalue weighted by Crippen LogP contribution is 2.26. The van der Waals surface area contributed by atoms with Crippen LogP contribution in [0.1, 0.15) is 28.9 Å². The Morgan fingerprint density at radius 1 is 1.30 bits per heavy atom. The summed E-state index contributed by atoms with van der Waals surface area (Å²) in [4.78, 5) is 11.0. The fraction of sp³-hybridized carbons (Fsp3) is 0.133. The van der Waals surface area contributed by atoms with Crippen LogP contribution in [0.4, 0.5) is 15.8 Å². The summed E-state index contributed by atoms with van der Waals surface area (Å²) < 4.78 is 13.8. The molecule has 0 radical (unpaired) electrons. The van der Waals surface area contributed by atoms with Crippen molar-refractivity contribution in [3.05, 3.63) is 59.4 Å². The van der Waals surface area contributed by atoms with Gasteiger partial charge in [-0.2, -0.15) is 0 Å². The summed E-state index contributed by atoms with van der Waals surface area (Å²) in [5, 5.41) is 12.0. The molecule has 0 saturated heterocycles. The van der Waals surface area contributed by atoms with E-state index in [-0.39, 0.29) is 23.0 Å². The average molecular weight is 274 g/mol. The van der Waals surface area contributed by atoms with E-state index in [0.717, 1.165) is 11.6 Å². The Morgan fingerprint density at radius 3 is 2.55 bits per heavy atom. The van der Waals surface area contributed by atoms with Crippen molar-refractivity contribution in [1.82, 2.24) is 0 Å². The standard InChI is InChI=1S/C15H15FN2O2/c1-9(10-5-3-2-4-6-10)18-14-7-11(15(19)20)13(17)8-12(14)16/h2-9,18H,17H2,1H3,(H,19,20). The molecule has 0 spiro atoms. The molecule has 20 heavy (non-hydrogen) atoms. The number of halogens is 1. The number of benzene rings is 2. The fourth-order valence-electron chi connectivity index (χ4n) is 1.94. The number of anilines is 2. The Balaban J connectivity index is 2.29. The molecule has 2 rings (SSSR count). The van der Waals surface area contributed by atoms with Crippen LogP contribution in [-0.4, -0.2) is 11.1 Å². The first-order chi connectivity index (χ1) is 9.49. The molecule has 0 saturated carbocycles. The molecule has 0 aliphatic heterocycles. The minimum absolute atomic E-state index is 0.0899. The zero-order valence-corrected chi connectivity index (χ0v) is 10.9. The van der Waals surface area contributed by atoms with Gasteiger partial charge in [-0.3, -0.25) is 0 Å². The average Bonchev–Trinajstić information content (AvgIpc) is 2.42. The Morgan fingerprint density at radius 2 is 1.95 bits per heavy atom. The second-order valence-corrected chi connectivity index (χ2v) is 4.50. The molecule has 0 fully saturated rings. The molecule has 5 heteroatoms. The highest BCUT2D eigenvalue weighted by molar-refractivity contribution is 5.94. The Kier molecular flexibility index (Phi) is 3.89. The minimum Gasteiger partial charge on any atom is -0.478 e. The van der Waals surface area contributed by atoms with Gasteiger partial charge in [0.1, 0.15) is 5.82 Å². The van der Waals surface area contributed by atoms with Gasteiger partial charge in [0.25, 0.3) is 0 Å². The summed E-state index contributed by atoms with van der Waals surface area (Å²) in [6, 6.07) is 11.6. The Hall–Kier alpha value is -2.56. The van der Waals surface area contributed by atoms with E-state index in [1.807, 2.05) is 37.3 Å². The van der Waals surface area contributed by atoms with Crippen molar-refractivity contribution in [3.63, 3.8) is 0 Å². The maximum Gasteiger partial charge on any atom is 0.337 e. The normalized spacial score (nSPS) is 11.9. The lowest BCUT2D eigenvalue weighted by Crippen LogP contribution is -2.10. The summed E-state index contributed by atoms with van der Waals surface area (Å²) >= 11 is 0. The van der Waals surface area contributed by atoms with Gasteiger partial charge in [0.05, 0.1) is 11.3 Å². The van der Waals surface area contributed by atoms with Crippen LogP contribution >= 0.6 is 0 Å². The van der Waals surface area contributed by atoms with Gasteiger partial charge in [0, 0.05) is 11.7 Å². The van der Waals surface area contributed by atoms with Crippen molar-refractivity contribution < 1.29 is 14.3 Å². The molecule has 0 aromatic heterocycles. The van der Waals surface area contributed by atoms with Crippen molar-refractivity contribution >= 4 is 17.3 Å². The number of nitrogen functional groups attached to an aromatic ring is 1. The molecular formula is C15H15FN2O2. The van der Waals surface area contributed by atoms with Gasteiger partial charge in [-0.15, -0.1) is 0 Å². The van der Waals surface area contributed by atoms with E-state index in [1.54, 1.807) is 0 Å². The van der Waals surface area contributed by atoms with E-state index in [9.17, 15) is 9.18 Å². The van der Waals surface area contributed by atoms with Gasteiger partial charge in [-0.1, -0.05) is 30.3 Å². The number of rotatable bonds is 4. The molecular weight excluding hydrogens is 259 g/mol. The highest BCUT2D eigenvalue weighted by atomic mass is 19.1. The van der Waals surface area contributed by atoms with Crippen LogP contribution in [0.15, 0.2) is 42.5 Å². The quantitative estimate of drug-likeness (QED) is 0.748. The largest absolute Gasteiger partial charge is 0.478 e. The van der Waals surface area contributed by atoms with Crippen LogP contribution in [0.3, 0.4) is 0 Å². The van der Waals surface area contributed by atoms with Crippen LogP contribution in [0.25, 0.3) is 0 Å². The van der Waals surface area contributed by atoms with Gasteiger partial charge < -0.3 is 16.2 Å². The summed E-state index contributed by atoms with van der Waals surface area (Å²) in [7, 11) is 0. The molecule has 4 N–H and O–H groups in total. The first-order valence-electron chi connectivity index (χ1n) is 6.13. The number of nitrogens with one attached hydrogen (secondary N) is 1. The first-order valence-corrected chi connectivity index (χ1v) is 6.13. The maximum absolute atomic E-state index is 13.8. The third-order valence-electron chi connectivity index (χ3n) is 3.04. The number of aromatic carboxylic acids is 1. The lowest BCUT2D eigenvalue weighted by molar-refractivity contribution is 0.0698. The van der Waals surface area contributed by atoms with E-state index in [2.05, 4.69) is 5.32 Å². The van der Waals surface area contributed by atoms with Crippen LogP contribution in [0, 0.1) is 5.82 Å².